The largest absolute Gasteiger partial charge is 0.449 e. The first-order valence-corrected chi connectivity index (χ1v) is 12.0. The summed E-state index contributed by atoms with van der Waals surface area (Å²) < 4.78 is 33.1. The minimum Gasteiger partial charge on any atom is -0.449 e. The summed E-state index contributed by atoms with van der Waals surface area (Å²) in [5, 5.41) is 0. The molecule has 3 rings (SSSR count). The number of amides is 1. The number of nitrogens with one attached hydrogen (secondary N) is 1. The number of nitrogens with zero attached hydrogens (tertiary/aromatic N) is 1. The van der Waals surface area contributed by atoms with Crippen molar-refractivity contribution in [3.8, 4) is 0 Å². The van der Waals surface area contributed by atoms with Gasteiger partial charge in [0.15, 0.2) is 6.10 Å². The molecule has 1 unspecified atom stereocenters. The zero-order chi connectivity index (χ0) is 22.3. The lowest BCUT2D eigenvalue weighted by molar-refractivity contribution is -0.139. The molecule has 0 bridgehead atoms. The molecule has 2 aromatic carbocycles. The summed E-state index contributed by atoms with van der Waals surface area (Å²) in [5.74, 6) is -0.945. The maximum Gasteiger partial charge on any atom is 0.338 e. The minimum atomic E-state index is -3.81. The molecular weight excluding hydrogens is 416 g/mol. The molecule has 8 heteroatoms. The van der Waals surface area contributed by atoms with Crippen LogP contribution in [0.3, 0.4) is 0 Å². The van der Waals surface area contributed by atoms with Crippen molar-refractivity contribution in [2.45, 2.75) is 50.2 Å². The van der Waals surface area contributed by atoms with Crippen molar-refractivity contribution in [2.75, 3.05) is 13.1 Å². The molecule has 166 valence electrons. The topological polar surface area (TPSA) is 92.8 Å². The molecule has 31 heavy (non-hydrogen) atoms. The first-order valence-electron chi connectivity index (χ1n) is 10.5. The van der Waals surface area contributed by atoms with Crippen LogP contribution < -0.4 is 4.72 Å². The fourth-order valence-electron chi connectivity index (χ4n) is 3.47. The molecule has 0 spiro atoms. The van der Waals surface area contributed by atoms with Gasteiger partial charge in [-0.3, -0.25) is 4.79 Å². The lowest BCUT2D eigenvalue weighted by atomic mass is 10.2. The van der Waals surface area contributed by atoms with Gasteiger partial charge in [-0.05, 0) is 43.5 Å². The van der Waals surface area contributed by atoms with Gasteiger partial charge in [0, 0.05) is 19.6 Å². The molecular formula is C23H28N2O5S. The average molecular weight is 445 g/mol. The average Bonchev–Trinajstić information content (AvgIpc) is 3.07. The zero-order valence-electron chi connectivity index (χ0n) is 17.6. The van der Waals surface area contributed by atoms with Crippen molar-refractivity contribution in [3.63, 3.8) is 0 Å². The predicted octanol–water partition coefficient (Wildman–Crippen LogP) is 3.11. The summed E-state index contributed by atoms with van der Waals surface area (Å²) >= 11 is 0. The van der Waals surface area contributed by atoms with E-state index in [4.69, 9.17) is 4.74 Å². The second-order valence-corrected chi connectivity index (χ2v) is 9.39. The van der Waals surface area contributed by atoms with Crippen LogP contribution >= 0.6 is 0 Å². The molecule has 0 aromatic heterocycles. The number of carbonyl (C=O) groups is 2. The maximum absolute atomic E-state index is 12.6. The van der Waals surface area contributed by atoms with Gasteiger partial charge >= 0.3 is 5.97 Å². The van der Waals surface area contributed by atoms with Crippen molar-refractivity contribution in [3.05, 3.63) is 65.7 Å². The highest BCUT2D eigenvalue weighted by Gasteiger charge is 2.25. The van der Waals surface area contributed by atoms with E-state index in [1.807, 2.05) is 30.3 Å². The molecule has 0 aliphatic carbocycles. The highest BCUT2D eigenvalue weighted by atomic mass is 32.2. The third-order valence-electron chi connectivity index (χ3n) is 5.24. The summed E-state index contributed by atoms with van der Waals surface area (Å²) in [4.78, 5) is 26.9. The zero-order valence-corrected chi connectivity index (χ0v) is 18.4. The molecule has 1 N–H and O–H groups in total. The van der Waals surface area contributed by atoms with Crippen LogP contribution in [0.5, 0.6) is 0 Å². The van der Waals surface area contributed by atoms with E-state index in [2.05, 4.69) is 4.72 Å². The smallest absolute Gasteiger partial charge is 0.338 e. The highest BCUT2D eigenvalue weighted by Crippen LogP contribution is 2.16. The fraction of sp³-hybridized carbons (Fsp3) is 0.391. The first kappa shape index (κ1) is 23.0. The van der Waals surface area contributed by atoms with Gasteiger partial charge in [0.25, 0.3) is 5.91 Å². The van der Waals surface area contributed by atoms with Gasteiger partial charge in [0.1, 0.15) is 0 Å². The Bertz CT molecular complexity index is 1000. The van der Waals surface area contributed by atoms with Crippen LogP contribution in [-0.4, -0.2) is 44.4 Å². The van der Waals surface area contributed by atoms with Crippen LogP contribution in [-0.2, 0) is 26.1 Å². The second kappa shape index (κ2) is 10.5. The van der Waals surface area contributed by atoms with Gasteiger partial charge in [0.2, 0.25) is 10.0 Å². The van der Waals surface area contributed by atoms with Crippen LogP contribution in [0.15, 0.2) is 59.5 Å². The summed E-state index contributed by atoms with van der Waals surface area (Å²) in [6.45, 7) is 3.02. The summed E-state index contributed by atoms with van der Waals surface area (Å²) in [7, 11) is -3.81. The van der Waals surface area contributed by atoms with Gasteiger partial charge < -0.3 is 9.64 Å². The second-order valence-electron chi connectivity index (χ2n) is 7.63. The number of sulfonamides is 1. The van der Waals surface area contributed by atoms with Crippen LogP contribution in [0, 0.1) is 0 Å². The van der Waals surface area contributed by atoms with Crippen LogP contribution in [0.1, 0.15) is 48.5 Å². The number of esters is 1. The lowest BCUT2D eigenvalue weighted by Gasteiger charge is -2.24. The molecule has 1 fully saturated rings. The van der Waals surface area contributed by atoms with Crippen molar-refractivity contribution in [1.82, 2.24) is 9.62 Å². The Morgan fingerprint density at radius 3 is 2.35 bits per heavy atom. The normalized spacial score (nSPS) is 15.7. The monoisotopic (exact) mass is 444 g/mol. The maximum atomic E-state index is 12.6. The van der Waals surface area contributed by atoms with E-state index < -0.39 is 22.1 Å². The Labute approximate surface area is 183 Å². The Hall–Kier alpha value is -2.71. The first-order chi connectivity index (χ1) is 14.9. The highest BCUT2D eigenvalue weighted by molar-refractivity contribution is 7.89. The van der Waals surface area contributed by atoms with Crippen molar-refractivity contribution < 1.29 is 22.7 Å². The molecule has 1 atom stereocenters. The number of rotatable bonds is 7. The van der Waals surface area contributed by atoms with E-state index in [0.29, 0.717) is 13.1 Å². The number of hydrogen-bond acceptors (Lipinski definition) is 5. The Kier molecular flexibility index (Phi) is 7.81. The number of carbonyl (C=O) groups excluding carboxylic acids is 2. The Balaban J connectivity index is 1.64. The van der Waals surface area contributed by atoms with Crippen LogP contribution in [0.2, 0.25) is 0 Å². The quantitative estimate of drug-likeness (QED) is 0.663. The van der Waals surface area contributed by atoms with E-state index in [0.717, 1.165) is 31.2 Å². The van der Waals surface area contributed by atoms with Crippen LogP contribution in [0.4, 0.5) is 0 Å². The van der Waals surface area contributed by atoms with Crippen molar-refractivity contribution in [1.29, 1.82) is 0 Å². The van der Waals surface area contributed by atoms with E-state index in [1.54, 1.807) is 11.8 Å². The molecule has 1 aliphatic rings. The number of benzene rings is 2. The van der Waals surface area contributed by atoms with E-state index in [-0.39, 0.29) is 22.9 Å². The van der Waals surface area contributed by atoms with Gasteiger partial charge in [0.05, 0.1) is 10.5 Å². The molecule has 1 aliphatic heterocycles. The van der Waals surface area contributed by atoms with Gasteiger partial charge in [-0.25, -0.2) is 17.9 Å². The van der Waals surface area contributed by atoms with E-state index >= 15 is 0 Å². The molecule has 1 amide bonds. The third-order valence-corrected chi connectivity index (χ3v) is 6.64. The molecule has 0 saturated carbocycles. The van der Waals surface area contributed by atoms with E-state index in [1.165, 1.54) is 24.3 Å². The number of likely N-dealkylation sites (tertiary alicyclic amines) is 1. The standard InChI is InChI=1S/C23H28N2O5S/c1-18(22(26)25-14-7-2-3-8-15-25)30-23(27)20-12-9-13-21(16-20)31(28,29)24-17-19-10-5-4-6-11-19/h4-6,9-13,16,18,24H,2-3,7-8,14-15,17H2,1H3. The molecule has 1 heterocycles. The predicted molar refractivity (Wildman–Crippen MR) is 117 cm³/mol. The van der Waals surface area contributed by atoms with Crippen molar-refractivity contribution in [2.24, 2.45) is 0 Å². The lowest BCUT2D eigenvalue weighted by Crippen LogP contribution is -2.40. The SMILES string of the molecule is CC(OC(=O)c1cccc(S(=O)(=O)NCc2ccccc2)c1)C(=O)N1CCCCCC1. The number of hydrogen-bond donors (Lipinski definition) is 1. The molecule has 2 aromatic rings. The van der Waals surface area contributed by atoms with Gasteiger partial charge in [-0.1, -0.05) is 49.2 Å². The van der Waals surface area contributed by atoms with E-state index in [9.17, 15) is 18.0 Å². The van der Waals surface area contributed by atoms with Gasteiger partial charge in [-0.15, -0.1) is 0 Å². The summed E-state index contributed by atoms with van der Waals surface area (Å²) in [6.07, 6.45) is 3.15. The van der Waals surface area contributed by atoms with Crippen molar-refractivity contribution >= 4 is 21.9 Å². The van der Waals surface area contributed by atoms with Gasteiger partial charge in [-0.2, -0.15) is 0 Å². The Morgan fingerprint density at radius 2 is 1.68 bits per heavy atom. The molecule has 0 radical (unpaired) electrons. The molecule has 1 saturated heterocycles. The number of ether oxygens (including phenoxy) is 1. The Morgan fingerprint density at radius 1 is 1.00 bits per heavy atom. The molecule has 7 nitrogen and oxygen atoms in total. The third kappa shape index (κ3) is 6.38. The summed E-state index contributed by atoms with van der Waals surface area (Å²) in [5.41, 5.74) is 0.903. The van der Waals surface area contributed by atoms with Crippen LogP contribution in [0.25, 0.3) is 0 Å². The fourth-order valence-corrected chi connectivity index (χ4v) is 4.54. The summed E-state index contributed by atoms with van der Waals surface area (Å²) in [6, 6.07) is 14.8. The minimum absolute atomic E-state index is 0.0376.